The van der Waals surface area contributed by atoms with Crippen LogP contribution in [0.2, 0.25) is 0 Å². The Hall–Kier alpha value is -3.72. The van der Waals surface area contributed by atoms with Gasteiger partial charge in [-0.1, -0.05) is 0 Å². The highest BCUT2D eigenvalue weighted by Crippen LogP contribution is 2.37. The first-order chi connectivity index (χ1) is 14.5. The highest BCUT2D eigenvalue weighted by atomic mass is 19.1. The largest absolute Gasteiger partial charge is 0.486 e. The second-order valence-corrected chi connectivity index (χ2v) is 6.58. The molecule has 30 heavy (non-hydrogen) atoms. The number of fused-ring (bicyclic) bond motifs is 1. The molecule has 2 aliphatic heterocycles. The smallest absolute Gasteiger partial charge is 0.277 e. The number of hydrogen-bond donors (Lipinski definition) is 2. The Morgan fingerprint density at radius 3 is 2.43 bits per heavy atom. The topological polar surface area (TPSA) is 105 Å². The number of nitrogens with zero attached hydrogens (tertiary/aromatic N) is 1. The Bertz CT molecular complexity index is 1060. The van der Waals surface area contributed by atoms with Crippen LogP contribution >= 0.6 is 0 Å². The molecule has 8 nitrogen and oxygen atoms in total. The van der Waals surface area contributed by atoms with Crippen molar-refractivity contribution < 1.29 is 33.4 Å². The summed E-state index contributed by atoms with van der Waals surface area (Å²) in [5.74, 6) is -1.36. The molecular formula is C21H17FN2O6. The summed E-state index contributed by atoms with van der Waals surface area (Å²) in [5, 5.41) is 11.9. The average Bonchev–Trinajstić information content (AvgIpc) is 3.01. The molecule has 0 atom stereocenters. The van der Waals surface area contributed by atoms with Crippen molar-refractivity contribution in [1.29, 1.82) is 0 Å². The molecule has 0 spiro atoms. The number of imide groups is 1. The molecule has 2 heterocycles. The summed E-state index contributed by atoms with van der Waals surface area (Å²) in [4.78, 5) is 38.4. The van der Waals surface area contributed by atoms with Crippen LogP contribution < -0.4 is 14.8 Å². The molecule has 0 aromatic heterocycles. The Morgan fingerprint density at radius 1 is 1.10 bits per heavy atom. The van der Waals surface area contributed by atoms with Gasteiger partial charge in [-0.2, -0.15) is 0 Å². The lowest BCUT2D eigenvalue weighted by Gasteiger charge is -2.21. The molecule has 0 aliphatic carbocycles. The van der Waals surface area contributed by atoms with Crippen molar-refractivity contribution in [3.05, 3.63) is 65.1 Å². The van der Waals surface area contributed by atoms with E-state index in [1.807, 2.05) is 0 Å². The van der Waals surface area contributed by atoms with Crippen molar-refractivity contribution in [2.24, 2.45) is 0 Å². The van der Waals surface area contributed by atoms with Gasteiger partial charge in [0.25, 0.3) is 11.8 Å². The lowest BCUT2D eigenvalue weighted by molar-refractivity contribution is -0.137. The fraction of sp³-hybridized carbons (Fsp3) is 0.190. The van der Waals surface area contributed by atoms with Crippen LogP contribution in [0.3, 0.4) is 0 Å². The fourth-order valence-electron chi connectivity index (χ4n) is 3.19. The molecule has 2 aliphatic rings. The number of aliphatic hydroxyl groups excluding tert-OH is 1. The van der Waals surface area contributed by atoms with E-state index in [2.05, 4.69) is 5.32 Å². The molecule has 2 aromatic rings. The van der Waals surface area contributed by atoms with Gasteiger partial charge in [0.05, 0.1) is 18.8 Å². The maximum Gasteiger partial charge on any atom is 0.277 e. The van der Waals surface area contributed by atoms with Crippen molar-refractivity contribution in [3.63, 3.8) is 0 Å². The van der Waals surface area contributed by atoms with Crippen molar-refractivity contribution in [2.75, 3.05) is 31.7 Å². The van der Waals surface area contributed by atoms with Gasteiger partial charge in [0, 0.05) is 23.3 Å². The summed E-state index contributed by atoms with van der Waals surface area (Å²) in [6.45, 7) is 0.138. The van der Waals surface area contributed by atoms with Gasteiger partial charge in [0.2, 0.25) is 0 Å². The number of carbonyl (C=O) groups excluding carboxylic acids is 3. The lowest BCUT2D eigenvalue weighted by atomic mass is 10.0. The van der Waals surface area contributed by atoms with Gasteiger partial charge in [-0.3, -0.25) is 19.3 Å². The summed E-state index contributed by atoms with van der Waals surface area (Å²) in [7, 11) is 0. The highest BCUT2D eigenvalue weighted by Gasteiger charge is 2.32. The Morgan fingerprint density at radius 2 is 1.77 bits per heavy atom. The van der Waals surface area contributed by atoms with E-state index in [-0.39, 0.29) is 35.7 Å². The van der Waals surface area contributed by atoms with Gasteiger partial charge in [-0.15, -0.1) is 0 Å². The van der Waals surface area contributed by atoms with E-state index in [4.69, 9.17) is 14.6 Å². The Kier molecular flexibility index (Phi) is 5.20. The average molecular weight is 412 g/mol. The Labute approximate surface area is 170 Å². The first-order valence-corrected chi connectivity index (χ1v) is 9.17. The molecule has 4 rings (SSSR count). The summed E-state index contributed by atoms with van der Waals surface area (Å²) in [6, 6.07) is 8.05. The number of carbonyl (C=O) groups is 3. The molecule has 2 aromatic carbocycles. The predicted molar refractivity (Wildman–Crippen MR) is 103 cm³/mol. The minimum atomic E-state index is -0.621. The SMILES string of the molecule is O=C(c1ccc(F)cc1)c1cc2c(cc1NC1=CC(=O)N(CCO)C1=O)OCCO2. The number of benzene rings is 2. The minimum Gasteiger partial charge on any atom is -0.486 e. The van der Waals surface area contributed by atoms with Crippen LogP contribution in [-0.2, 0) is 9.59 Å². The molecule has 2 amide bonds. The van der Waals surface area contributed by atoms with E-state index < -0.39 is 23.4 Å². The van der Waals surface area contributed by atoms with E-state index in [0.29, 0.717) is 24.7 Å². The van der Waals surface area contributed by atoms with Gasteiger partial charge < -0.3 is 19.9 Å². The normalized spacial score (nSPS) is 15.3. The van der Waals surface area contributed by atoms with Gasteiger partial charge in [-0.05, 0) is 30.3 Å². The zero-order valence-corrected chi connectivity index (χ0v) is 15.7. The first-order valence-electron chi connectivity index (χ1n) is 9.17. The number of amides is 2. The monoisotopic (exact) mass is 412 g/mol. The maximum atomic E-state index is 13.2. The number of nitrogens with one attached hydrogen (secondary N) is 1. The molecule has 154 valence electrons. The maximum absolute atomic E-state index is 13.2. The zero-order chi connectivity index (χ0) is 21.3. The summed E-state index contributed by atoms with van der Waals surface area (Å²) < 4.78 is 24.3. The second kappa shape index (κ2) is 7.96. The first kappa shape index (κ1) is 19.6. The number of ketones is 1. The zero-order valence-electron chi connectivity index (χ0n) is 15.7. The van der Waals surface area contributed by atoms with Crippen LogP contribution in [0.1, 0.15) is 15.9 Å². The van der Waals surface area contributed by atoms with Crippen LogP contribution in [0.25, 0.3) is 0 Å². The number of halogens is 1. The molecule has 0 fully saturated rings. The van der Waals surface area contributed by atoms with E-state index in [1.54, 1.807) is 0 Å². The third kappa shape index (κ3) is 3.62. The fourth-order valence-corrected chi connectivity index (χ4v) is 3.19. The lowest BCUT2D eigenvalue weighted by Crippen LogP contribution is -2.34. The number of β-amino-alcohol motifs (C(OH)–C–C–N with tert-alkyl or cyclic N) is 1. The molecular weight excluding hydrogens is 395 g/mol. The summed E-state index contributed by atoms with van der Waals surface area (Å²) in [6.07, 6.45) is 1.10. The molecule has 0 unspecified atom stereocenters. The molecule has 2 N–H and O–H groups in total. The minimum absolute atomic E-state index is 0.0433. The number of aliphatic hydroxyl groups is 1. The molecule has 0 saturated carbocycles. The van der Waals surface area contributed by atoms with Crippen molar-refractivity contribution in [3.8, 4) is 11.5 Å². The number of rotatable bonds is 6. The highest BCUT2D eigenvalue weighted by molar-refractivity contribution is 6.19. The van der Waals surface area contributed by atoms with Gasteiger partial charge >= 0.3 is 0 Å². The Balaban J connectivity index is 1.72. The van der Waals surface area contributed by atoms with Gasteiger partial charge in [0.15, 0.2) is 17.3 Å². The molecule has 0 bridgehead atoms. The molecule has 9 heteroatoms. The predicted octanol–water partition coefficient (Wildman–Crippen LogP) is 1.48. The van der Waals surface area contributed by atoms with Crippen molar-refractivity contribution in [1.82, 2.24) is 4.90 Å². The van der Waals surface area contributed by atoms with Gasteiger partial charge in [-0.25, -0.2) is 4.39 Å². The van der Waals surface area contributed by atoms with E-state index in [0.717, 1.165) is 11.0 Å². The van der Waals surface area contributed by atoms with Crippen LogP contribution in [0, 0.1) is 5.82 Å². The number of hydrogen-bond acceptors (Lipinski definition) is 7. The van der Waals surface area contributed by atoms with Gasteiger partial charge in [0.1, 0.15) is 24.7 Å². The standard InChI is InChI=1S/C21H17FN2O6/c22-13-3-1-12(2-4-13)20(27)14-9-17-18(30-8-7-29-17)10-15(14)23-16-11-19(26)24(5-6-25)21(16)28/h1-4,9-11,23,25H,5-8H2. The van der Waals surface area contributed by atoms with E-state index >= 15 is 0 Å². The van der Waals surface area contributed by atoms with Crippen LogP contribution in [0.4, 0.5) is 10.1 Å². The third-order valence-electron chi connectivity index (χ3n) is 4.64. The van der Waals surface area contributed by atoms with Crippen molar-refractivity contribution in [2.45, 2.75) is 0 Å². The summed E-state index contributed by atoms with van der Waals surface area (Å²) >= 11 is 0. The molecule has 0 saturated heterocycles. The van der Waals surface area contributed by atoms with E-state index in [1.165, 1.54) is 36.4 Å². The number of anilines is 1. The van der Waals surface area contributed by atoms with Crippen LogP contribution in [0.15, 0.2) is 48.2 Å². The number of ether oxygens (including phenoxy) is 2. The van der Waals surface area contributed by atoms with Crippen LogP contribution in [-0.4, -0.2) is 54.0 Å². The van der Waals surface area contributed by atoms with Crippen molar-refractivity contribution >= 4 is 23.3 Å². The summed E-state index contributed by atoms with van der Waals surface area (Å²) in [5.41, 5.74) is 0.582. The van der Waals surface area contributed by atoms with E-state index in [9.17, 15) is 18.8 Å². The quantitative estimate of drug-likeness (QED) is 0.547. The third-order valence-corrected chi connectivity index (χ3v) is 4.64. The van der Waals surface area contributed by atoms with Crippen LogP contribution in [0.5, 0.6) is 11.5 Å². The molecule has 0 radical (unpaired) electrons. The second-order valence-electron chi connectivity index (χ2n) is 6.58.